The Morgan fingerprint density at radius 1 is 1.10 bits per heavy atom. The third kappa shape index (κ3) is 3.95. The molecule has 1 saturated carbocycles. The molecule has 2 N–H and O–H groups in total. The van der Waals surface area contributed by atoms with Gasteiger partial charge in [0.2, 0.25) is 5.91 Å². The van der Waals surface area contributed by atoms with Crippen LogP contribution in [0.1, 0.15) is 64.1 Å². The minimum absolute atomic E-state index is 0.196. The Labute approximate surface area is 179 Å². The normalized spacial score (nSPS) is 25.1. The van der Waals surface area contributed by atoms with Crippen LogP contribution in [-0.2, 0) is 25.3 Å². The van der Waals surface area contributed by atoms with Crippen LogP contribution in [0.2, 0.25) is 0 Å². The molecule has 3 aliphatic rings. The SMILES string of the molecule is CC1(C)OB(c2ccc3c(c2)CC[C@@H]3NC(=O)C2(NC(=O)C(F)(F)F)CC2)OC1(C)C. The third-order valence-electron chi connectivity index (χ3n) is 6.87. The summed E-state index contributed by atoms with van der Waals surface area (Å²) in [5.41, 5.74) is 0.491. The molecule has 2 aliphatic carbocycles. The quantitative estimate of drug-likeness (QED) is 0.708. The second-order valence-electron chi connectivity index (χ2n) is 9.65. The molecule has 1 saturated heterocycles. The van der Waals surface area contributed by atoms with E-state index in [0.717, 1.165) is 23.0 Å². The molecular weight excluding hydrogens is 412 g/mol. The van der Waals surface area contributed by atoms with Crippen molar-refractivity contribution in [3.8, 4) is 0 Å². The van der Waals surface area contributed by atoms with Crippen LogP contribution in [0.15, 0.2) is 18.2 Å². The fourth-order valence-electron chi connectivity index (χ4n) is 4.03. The third-order valence-corrected chi connectivity index (χ3v) is 6.87. The molecule has 1 heterocycles. The van der Waals surface area contributed by atoms with Crippen molar-refractivity contribution in [2.24, 2.45) is 0 Å². The highest BCUT2D eigenvalue weighted by Crippen LogP contribution is 2.40. The molecule has 1 aromatic rings. The molecule has 6 nitrogen and oxygen atoms in total. The molecule has 2 amide bonds. The van der Waals surface area contributed by atoms with E-state index in [1.54, 1.807) is 0 Å². The van der Waals surface area contributed by atoms with E-state index >= 15 is 0 Å². The van der Waals surface area contributed by atoms with Crippen LogP contribution in [0.5, 0.6) is 0 Å². The minimum atomic E-state index is -5.01. The Hall–Kier alpha value is -2.07. The summed E-state index contributed by atoms with van der Waals surface area (Å²) in [4.78, 5) is 23.9. The first-order valence-corrected chi connectivity index (χ1v) is 10.4. The smallest absolute Gasteiger partial charge is 0.399 e. The molecular formula is C21H26BF3N2O4. The molecule has 0 aromatic heterocycles. The number of halogens is 3. The van der Waals surface area contributed by atoms with Crippen molar-refractivity contribution in [2.45, 2.75) is 82.3 Å². The second-order valence-corrected chi connectivity index (χ2v) is 9.65. The zero-order valence-electron chi connectivity index (χ0n) is 18.0. The van der Waals surface area contributed by atoms with Crippen LogP contribution in [0.25, 0.3) is 0 Å². The number of aryl methyl sites for hydroxylation is 1. The number of fused-ring (bicyclic) bond motifs is 1. The topological polar surface area (TPSA) is 76.7 Å². The lowest BCUT2D eigenvalue weighted by Gasteiger charge is -2.32. The first kappa shape index (κ1) is 22.1. The lowest BCUT2D eigenvalue weighted by Crippen LogP contribution is -2.53. The maximum Gasteiger partial charge on any atom is 0.494 e. The van der Waals surface area contributed by atoms with Crippen LogP contribution >= 0.6 is 0 Å². The van der Waals surface area contributed by atoms with E-state index in [9.17, 15) is 22.8 Å². The summed E-state index contributed by atoms with van der Waals surface area (Å²) in [5.74, 6) is -2.66. The predicted molar refractivity (Wildman–Crippen MR) is 108 cm³/mol. The summed E-state index contributed by atoms with van der Waals surface area (Å²) in [6, 6.07) is 5.49. The standard InChI is InChI=1S/C21H26BF3N2O4/c1-18(2)19(3,4)31-22(30-18)13-6-7-14-12(11-13)5-8-15(14)26-16(28)20(9-10-20)27-17(29)21(23,24)25/h6-7,11,15H,5,8-10H2,1-4H3,(H,26,28)(H,27,29)/t15-/m0/s1. The van der Waals surface area contributed by atoms with Crippen LogP contribution in [0.4, 0.5) is 13.2 Å². The zero-order chi connectivity index (χ0) is 22.8. The van der Waals surface area contributed by atoms with Crippen LogP contribution in [0.3, 0.4) is 0 Å². The number of rotatable bonds is 4. The second kappa shape index (κ2) is 6.97. The summed E-state index contributed by atoms with van der Waals surface area (Å²) in [7, 11) is -0.490. The Morgan fingerprint density at radius 2 is 1.71 bits per heavy atom. The maximum atomic E-state index is 12.6. The van der Waals surface area contributed by atoms with Gasteiger partial charge in [0.05, 0.1) is 17.2 Å². The number of carbonyl (C=O) groups is 2. The Morgan fingerprint density at radius 3 is 2.26 bits per heavy atom. The number of carbonyl (C=O) groups excluding carboxylic acids is 2. The molecule has 1 aliphatic heterocycles. The van der Waals surface area contributed by atoms with E-state index in [1.165, 1.54) is 0 Å². The fraction of sp³-hybridized carbons (Fsp3) is 0.619. The molecule has 4 rings (SSSR count). The van der Waals surface area contributed by atoms with Gasteiger partial charge in [0.25, 0.3) is 0 Å². The molecule has 0 radical (unpaired) electrons. The lowest BCUT2D eigenvalue weighted by molar-refractivity contribution is -0.175. The number of alkyl halides is 3. The average Bonchev–Trinajstić information content (AvgIpc) is 3.27. The minimum Gasteiger partial charge on any atom is -0.399 e. The predicted octanol–water partition coefficient (Wildman–Crippen LogP) is 2.30. The highest BCUT2D eigenvalue weighted by Gasteiger charge is 2.55. The van der Waals surface area contributed by atoms with Crippen molar-refractivity contribution in [3.63, 3.8) is 0 Å². The molecule has 0 unspecified atom stereocenters. The molecule has 0 spiro atoms. The van der Waals surface area contributed by atoms with Gasteiger partial charge in [0.15, 0.2) is 0 Å². The van der Waals surface area contributed by atoms with Gasteiger partial charge in [-0.2, -0.15) is 13.2 Å². The number of amides is 2. The Kier molecular flexibility index (Phi) is 4.98. The first-order chi connectivity index (χ1) is 14.2. The number of hydrogen-bond acceptors (Lipinski definition) is 4. The van der Waals surface area contributed by atoms with Gasteiger partial charge in [0.1, 0.15) is 5.54 Å². The molecule has 1 atom stereocenters. The van der Waals surface area contributed by atoms with E-state index in [1.807, 2.05) is 51.2 Å². The molecule has 0 bridgehead atoms. The highest BCUT2D eigenvalue weighted by atomic mass is 19.4. The highest BCUT2D eigenvalue weighted by molar-refractivity contribution is 6.62. The molecule has 2 fully saturated rings. The molecule has 10 heteroatoms. The van der Waals surface area contributed by atoms with Gasteiger partial charge < -0.3 is 19.9 Å². The first-order valence-electron chi connectivity index (χ1n) is 10.4. The lowest BCUT2D eigenvalue weighted by atomic mass is 9.78. The van der Waals surface area contributed by atoms with Crippen molar-refractivity contribution in [1.29, 1.82) is 0 Å². The van der Waals surface area contributed by atoms with Crippen LogP contribution < -0.4 is 16.1 Å². The maximum absolute atomic E-state index is 12.6. The van der Waals surface area contributed by atoms with Gasteiger partial charge in [-0.05, 0) is 70.0 Å². The summed E-state index contributed by atoms with van der Waals surface area (Å²) in [6.07, 6.45) is -3.27. The van der Waals surface area contributed by atoms with Gasteiger partial charge in [-0.25, -0.2) is 0 Å². The van der Waals surface area contributed by atoms with Gasteiger partial charge in [-0.3, -0.25) is 9.59 Å². The summed E-state index contributed by atoms with van der Waals surface area (Å²) < 4.78 is 49.9. The fourth-order valence-corrected chi connectivity index (χ4v) is 4.03. The van der Waals surface area contributed by atoms with E-state index in [2.05, 4.69) is 5.32 Å². The number of benzene rings is 1. The summed E-state index contributed by atoms with van der Waals surface area (Å²) in [5, 5.41) is 4.68. The zero-order valence-corrected chi connectivity index (χ0v) is 18.0. The van der Waals surface area contributed by atoms with Crippen LogP contribution in [-0.4, -0.2) is 41.9 Å². The van der Waals surface area contributed by atoms with E-state index < -0.39 is 41.9 Å². The summed E-state index contributed by atoms with van der Waals surface area (Å²) in [6.45, 7) is 7.93. The number of nitrogens with one attached hydrogen (secondary N) is 2. The van der Waals surface area contributed by atoms with Crippen molar-refractivity contribution in [2.75, 3.05) is 0 Å². The molecule has 31 heavy (non-hydrogen) atoms. The van der Waals surface area contributed by atoms with Gasteiger partial charge in [-0.1, -0.05) is 18.2 Å². The van der Waals surface area contributed by atoms with Crippen molar-refractivity contribution in [1.82, 2.24) is 10.6 Å². The van der Waals surface area contributed by atoms with E-state index in [0.29, 0.717) is 6.42 Å². The Bertz CT molecular complexity index is 912. The Balaban J connectivity index is 1.44. The van der Waals surface area contributed by atoms with Crippen LogP contribution in [0, 0.1) is 0 Å². The van der Waals surface area contributed by atoms with E-state index in [4.69, 9.17) is 9.31 Å². The number of hydrogen-bond donors (Lipinski definition) is 2. The largest absolute Gasteiger partial charge is 0.494 e. The van der Waals surface area contributed by atoms with Crippen molar-refractivity contribution >= 4 is 24.4 Å². The monoisotopic (exact) mass is 438 g/mol. The van der Waals surface area contributed by atoms with E-state index in [-0.39, 0.29) is 18.9 Å². The molecule has 168 valence electrons. The molecule has 1 aromatic carbocycles. The average molecular weight is 438 g/mol. The van der Waals surface area contributed by atoms with Crippen molar-refractivity contribution < 1.29 is 32.1 Å². The van der Waals surface area contributed by atoms with Gasteiger partial charge >= 0.3 is 19.2 Å². The summed E-state index contributed by atoms with van der Waals surface area (Å²) >= 11 is 0. The van der Waals surface area contributed by atoms with Crippen molar-refractivity contribution in [3.05, 3.63) is 29.3 Å². The van der Waals surface area contributed by atoms with Gasteiger partial charge in [0, 0.05) is 0 Å². The van der Waals surface area contributed by atoms with Gasteiger partial charge in [-0.15, -0.1) is 0 Å².